The predicted molar refractivity (Wildman–Crippen MR) is 89.3 cm³/mol. The first-order valence-electron chi connectivity index (χ1n) is 7.55. The van der Waals surface area contributed by atoms with Crippen LogP contribution in [-0.4, -0.2) is 26.2 Å². The number of rotatable bonds is 4. The standard InChI is InChI=1S/C18H17FN2O4/c1-18(11-4-7-13(24-2)8-5-11)16(22)21(17(23)20-18)12-6-9-14(19)15(10-12)25-3/h4-10H,1-3H3,(H,20,23). The van der Waals surface area contributed by atoms with E-state index in [0.717, 1.165) is 11.0 Å². The molecule has 0 saturated carbocycles. The van der Waals surface area contributed by atoms with Crippen molar-refractivity contribution in [3.05, 3.63) is 53.8 Å². The Kier molecular flexibility index (Phi) is 4.08. The molecule has 1 atom stereocenters. The molecule has 1 heterocycles. The van der Waals surface area contributed by atoms with E-state index in [1.54, 1.807) is 38.3 Å². The first-order chi connectivity index (χ1) is 11.9. The zero-order valence-corrected chi connectivity index (χ0v) is 14.0. The minimum absolute atomic E-state index is 0.0452. The maximum absolute atomic E-state index is 13.6. The number of nitrogens with one attached hydrogen (secondary N) is 1. The van der Waals surface area contributed by atoms with Gasteiger partial charge in [0.15, 0.2) is 11.6 Å². The van der Waals surface area contributed by atoms with Gasteiger partial charge in [-0.1, -0.05) is 12.1 Å². The van der Waals surface area contributed by atoms with E-state index in [4.69, 9.17) is 9.47 Å². The SMILES string of the molecule is COc1ccc(C2(C)NC(=O)N(c3ccc(F)c(OC)c3)C2=O)cc1. The second-order valence-electron chi connectivity index (χ2n) is 5.74. The summed E-state index contributed by atoms with van der Waals surface area (Å²) in [5, 5.41) is 2.70. The summed E-state index contributed by atoms with van der Waals surface area (Å²) in [6.45, 7) is 1.62. The van der Waals surface area contributed by atoms with Crippen LogP contribution in [0, 0.1) is 5.82 Å². The zero-order chi connectivity index (χ0) is 18.2. The van der Waals surface area contributed by atoms with Crippen LogP contribution in [-0.2, 0) is 10.3 Å². The van der Waals surface area contributed by atoms with Gasteiger partial charge in [0.2, 0.25) is 0 Å². The van der Waals surface area contributed by atoms with Crippen LogP contribution in [0.3, 0.4) is 0 Å². The maximum Gasteiger partial charge on any atom is 0.329 e. The van der Waals surface area contributed by atoms with E-state index in [1.165, 1.54) is 19.2 Å². The van der Waals surface area contributed by atoms with Crippen molar-refractivity contribution in [2.75, 3.05) is 19.1 Å². The van der Waals surface area contributed by atoms with Gasteiger partial charge >= 0.3 is 6.03 Å². The summed E-state index contributed by atoms with van der Waals surface area (Å²) in [6.07, 6.45) is 0. The Morgan fingerprint density at radius 2 is 1.72 bits per heavy atom. The molecule has 1 unspecified atom stereocenters. The Hall–Kier alpha value is -3.09. The number of carbonyl (C=O) groups is 2. The molecule has 7 heteroatoms. The van der Waals surface area contributed by atoms with Crippen LogP contribution in [0.1, 0.15) is 12.5 Å². The normalized spacial score (nSPS) is 19.8. The molecule has 0 aliphatic carbocycles. The average molecular weight is 344 g/mol. The van der Waals surface area contributed by atoms with Gasteiger partial charge < -0.3 is 14.8 Å². The molecule has 1 saturated heterocycles. The summed E-state index contributed by atoms with van der Waals surface area (Å²) < 4.78 is 23.6. The molecule has 2 aromatic rings. The summed E-state index contributed by atoms with van der Waals surface area (Å²) in [7, 11) is 2.86. The number of carbonyl (C=O) groups excluding carboxylic acids is 2. The van der Waals surface area contributed by atoms with E-state index in [-0.39, 0.29) is 11.4 Å². The number of methoxy groups -OCH3 is 2. The lowest BCUT2D eigenvalue weighted by molar-refractivity contribution is -0.121. The lowest BCUT2D eigenvalue weighted by Gasteiger charge is -2.22. The van der Waals surface area contributed by atoms with Crippen molar-refractivity contribution in [1.29, 1.82) is 0 Å². The third-order valence-electron chi connectivity index (χ3n) is 4.25. The molecule has 0 bridgehead atoms. The van der Waals surface area contributed by atoms with Crippen molar-refractivity contribution >= 4 is 17.6 Å². The van der Waals surface area contributed by atoms with E-state index in [1.807, 2.05) is 0 Å². The second kappa shape index (κ2) is 6.08. The van der Waals surface area contributed by atoms with Gasteiger partial charge in [-0.3, -0.25) is 4.79 Å². The number of anilines is 1. The highest BCUT2D eigenvalue weighted by Crippen LogP contribution is 2.34. The lowest BCUT2D eigenvalue weighted by Crippen LogP contribution is -2.40. The van der Waals surface area contributed by atoms with E-state index in [9.17, 15) is 14.0 Å². The number of imide groups is 1. The first kappa shape index (κ1) is 16.8. The Morgan fingerprint density at radius 3 is 2.32 bits per heavy atom. The number of amides is 3. The fourth-order valence-corrected chi connectivity index (χ4v) is 2.78. The average Bonchev–Trinajstić information content (AvgIpc) is 2.85. The second-order valence-corrected chi connectivity index (χ2v) is 5.74. The molecule has 2 aromatic carbocycles. The number of urea groups is 1. The van der Waals surface area contributed by atoms with Gasteiger partial charge in [-0.25, -0.2) is 14.1 Å². The third-order valence-corrected chi connectivity index (χ3v) is 4.25. The quantitative estimate of drug-likeness (QED) is 0.866. The van der Waals surface area contributed by atoms with Crippen LogP contribution in [0.25, 0.3) is 0 Å². The number of halogens is 1. The maximum atomic E-state index is 13.6. The highest BCUT2D eigenvalue weighted by molar-refractivity contribution is 6.23. The van der Waals surface area contributed by atoms with E-state index < -0.39 is 23.3 Å². The van der Waals surface area contributed by atoms with Crippen LogP contribution in [0.4, 0.5) is 14.9 Å². The van der Waals surface area contributed by atoms with Crippen molar-refractivity contribution in [2.45, 2.75) is 12.5 Å². The number of nitrogens with zero attached hydrogens (tertiary/aromatic N) is 1. The van der Waals surface area contributed by atoms with Gasteiger partial charge in [-0.2, -0.15) is 0 Å². The summed E-state index contributed by atoms with van der Waals surface area (Å²) in [5.41, 5.74) is -0.383. The zero-order valence-electron chi connectivity index (χ0n) is 14.0. The molecule has 0 radical (unpaired) electrons. The smallest absolute Gasteiger partial charge is 0.329 e. The van der Waals surface area contributed by atoms with Gasteiger partial charge in [0.1, 0.15) is 11.3 Å². The Morgan fingerprint density at radius 1 is 1.04 bits per heavy atom. The highest BCUT2D eigenvalue weighted by Gasteiger charge is 2.49. The number of ether oxygens (including phenoxy) is 2. The van der Waals surface area contributed by atoms with Crippen molar-refractivity contribution in [3.8, 4) is 11.5 Å². The molecule has 0 spiro atoms. The topological polar surface area (TPSA) is 67.9 Å². The van der Waals surface area contributed by atoms with E-state index in [0.29, 0.717) is 11.3 Å². The van der Waals surface area contributed by atoms with Crippen molar-refractivity contribution < 1.29 is 23.5 Å². The molecule has 3 rings (SSSR count). The van der Waals surface area contributed by atoms with Gasteiger partial charge in [-0.15, -0.1) is 0 Å². The molecule has 3 amide bonds. The molecule has 1 fully saturated rings. The number of hydrogen-bond acceptors (Lipinski definition) is 4. The van der Waals surface area contributed by atoms with Crippen LogP contribution in [0.2, 0.25) is 0 Å². The van der Waals surface area contributed by atoms with Crippen LogP contribution in [0.15, 0.2) is 42.5 Å². The van der Waals surface area contributed by atoms with E-state index in [2.05, 4.69) is 5.32 Å². The van der Waals surface area contributed by atoms with Crippen molar-refractivity contribution in [2.24, 2.45) is 0 Å². The van der Waals surface area contributed by atoms with Gasteiger partial charge in [0.25, 0.3) is 5.91 Å². The highest BCUT2D eigenvalue weighted by atomic mass is 19.1. The Labute approximate surface area is 144 Å². The third kappa shape index (κ3) is 2.67. The molecule has 1 N–H and O–H groups in total. The van der Waals surface area contributed by atoms with E-state index >= 15 is 0 Å². The molecule has 130 valence electrons. The number of hydrogen-bond donors (Lipinski definition) is 1. The minimum atomic E-state index is -1.23. The molecular weight excluding hydrogens is 327 g/mol. The molecule has 25 heavy (non-hydrogen) atoms. The van der Waals surface area contributed by atoms with Crippen molar-refractivity contribution in [3.63, 3.8) is 0 Å². The summed E-state index contributed by atoms with van der Waals surface area (Å²) in [6, 6.07) is 10.1. The minimum Gasteiger partial charge on any atom is -0.497 e. The molecular formula is C18H17FN2O4. The number of benzene rings is 2. The fourth-order valence-electron chi connectivity index (χ4n) is 2.78. The van der Waals surface area contributed by atoms with Gasteiger partial charge in [-0.05, 0) is 36.8 Å². The molecule has 1 aliphatic rings. The van der Waals surface area contributed by atoms with Crippen molar-refractivity contribution in [1.82, 2.24) is 5.32 Å². The molecule has 0 aromatic heterocycles. The molecule has 1 aliphatic heterocycles. The summed E-state index contributed by atoms with van der Waals surface area (Å²) >= 11 is 0. The first-order valence-corrected chi connectivity index (χ1v) is 7.55. The lowest BCUT2D eigenvalue weighted by atomic mass is 9.92. The molecule has 6 nitrogen and oxygen atoms in total. The van der Waals surface area contributed by atoms with Crippen LogP contribution >= 0.6 is 0 Å². The fraction of sp³-hybridized carbons (Fsp3) is 0.222. The predicted octanol–water partition coefficient (Wildman–Crippen LogP) is 2.81. The Bertz CT molecular complexity index is 837. The van der Waals surface area contributed by atoms with Gasteiger partial charge in [0.05, 0.1) is 19.9 Å². The van der Waals surface area contributed by atoms with Crippen LogP contribution < -0.4 is 19.7 Å². The Balaban J connectivity index is 1.99. The van der Waals surface area contributed by atoms with Crippen LogP contribution in [0.5, 0.6) is 11.5 Å². The monoisotopic (exact) mass is 344 g/mol. The summed E-state index contributed by atoms with van der Waals surface area (Å²) in [5.74, 6) is -0.437. The summed E-state index contributed by atoms with van der Waals surface area (Å²) in [4.78, 5) is 26.3. The van der Waals surface area contributed by atoms with Gasteiger partial charge in [0, 0.05) is 6.07 Å². The largest absolute Gasteiger partial charge is 0.497 e.